The SMILES string of the molecule is CC(=O)c1ccc(C(C)=O)c(Cl)c1. The molecule has 13 heavy (non-hydrogen) atoms. The van der Waals surface area contributed by atoms with Crippen molar-refractivity contribution in [2.45, 2.75) is 13.8 Å². The first-order chi connectivity index (χ1) is 6.02. The van der Waals surface area contributed by atoms with Crippen LogP contribution in [0.3, 0.4) is 0 Å². The molecule has 0 aliphatic carbocycles. The second-order valence-corrected chi connectivity index (χ2v) is 3.21. The Morgan fingerprint density at radius 1 is 1.15 bits per heavy atom. The van der Waals surface area contributed by atoms with E-state index in [1.54, 1.807) is 12.1 Å². The van der Waals surface area contributed by atoms with Crippen LogP contribution in [0.4, 0.5) is 0 Å². The van der Waals surface area contributed by atoms with Crippen LogP contribution < -0.4 is 0 Å². The van der Waals surface area contributed by atoms with Gasteiger partial charge in [0.15, 0.2) is 11.6 Å². The van der Waals surface area contributed by atoms with Crippen molar-refractivity contribution in [1.29, 1.82) is 0 Å². The number of ketones is 2. The van der Waals surface area contributed by atoms with E-state index in [0.717, 1.165) is 0 Å². The quantitative estimate of drug-likeness (QED) is 0.682. The van der Waals surface area contributed by atoms with Gasteiger partial charge >= 0.3 is 0 Å². The summed E-state index contributed by atoms with van der Waals surface area (Å²) in [5, 5.41) is 0.334. The van der Waals surface area contributed by atoms with Crippen LogP contribution in [0.25, 0.3) is 0 Å². The zero-order chi connectivity index (χ0) is 10.0. The van der Waals surface area contributed by atoms with Crippen molar-refractivity contribution in [3.63, 3.8) is 0 Å². The minimum absolute atomic E-state index is 0.0583. The van der Waals surface area contributed by atoms with Crippen molar-refractivity contribution >= 4 is 23.2 Å². The standard InChI is InChI=1S/C10H9ClO2/c1-6(12)8-3-4-9(7(2)13)10(11)5-8/h3-5H,1-2H3. The first-order valence-electron chi connectivity index (χ1n) is 3.84. The molecule has 0 atom stereocenters. The van der Waals surface area contributed by atoms with E-state index in [9.17, 15) is 9.59 Å². The van der Waals surface area contributed by atoms with Gasteiger partial charge in [0.05, 0.1) is 5.02 Å². The molecule has 0 unspecified atom stereocenters. The van der Waals surface area contributed by atoms with E-state index in [0.29, 0.717) is 16.1 Å². The molecule has 1 aromatic rings. The highest BCUT2D eigenvalue weighted by Gasteiger charge is 2.07. The van der Waals surface area contributed by atoms with Gasteiger partial charge in [0, 0.05) is 11.1 Å². The molecule has 0 heterocycles. The van der Waals surface area contributed by atoms with Crippen molar-refractivity contribution in [1.82, 2.24) is 0 Å². The average molecular weight is 197 g/mol. The Bertz CT molecular complexity index is 369. The summed E-state index contributed by atoms with van der Waals surface area (Å²) in [4.78, 5) is 21.9. The van der Waals surface area contributed by atoms with Crippen LogP contribution in [-0.4, -0.2) is 11.6 Å². The number of Topliss-reactive ketones (excluding diaryl/α,β-unsaturated/α-hetero) is 2. The monoisotopic (exact) mass is 196 g/mol. The van der Waals surface area contributed by atoms with E-state index in [2.05, 4.69) is 0 Å². The van der Waals surface area contributed by atoms with Gasteiger partial charge in [-0.15, -0.1) is 0 Å². The van der Waals surface area contributed by atoms with Crippen LogP contribution in [0.2, 0.25) is 5.02 Å². The highest BCUT2D eigenvalue weighted by Crippen LogP contribution is 2.18. The fourth-order valence-electron chi connectivity index (χ4n) is 1.02. The molecule has 0 radical (unpaired) electrons. The zero-order valence-corrected chi connectivity index (χ0v) is 8.18. The van der Waals surface area contributed by atoms with Crippen LogP contribution in [0.5, 0.6) is 0 Å². The number of halogens is 1. The van der Waals surface area contributed by atoms with Crippen LogP contribution in [0, 0.1) is 0 Å². The third-order valence-electron chi connectivity index (χ3n) is 1.75. The molecule has 0 saturated carbocycles. The maximum atomic E-state index is 11.0. The molecule has 0 spiro atoms. The van der Waals surface area contributed by atoms with Crippen molar-refractivity contribution in [2.75, 3.05) is 0 Å². The highest BCUT2D eigenvalue weighted by molar-refractivity contribution is 6.34. The molecule has 3 heteroatoms. The van der Waals surface area contributed by atoms with E-state index >= 15 is 0 Å². The van der Waals surface area contributed by atoms with Crippen molar-refractivity contribution in [3.05, 3.63) is 34.3 Å². The fourth-order valence-corrected chi connectivity index (χ4v) is 1.33. The van der Waals surface area contributed by atoms with Gasteiger partial charge in [0.2, 0.25) is 0 Å². The summed E-state index contributed by atoms with van der Waals surface area (Å²) in [6.45, 7) is 2.90. The Balaban J connectivity index is 3.20. The number of hydrogen-bond acceptors (Lipinski definition) is 2. The minimum atomic E-state index is -0.0971. The molecule has 1 rings (SSSR count). The van der Waals surface area contributed by atoms with E-state index in [-0.39, 0.29) is 11.6 Å². The molecular formula is C10H9ClO2. The fraction of sp³-hybridized carbons (Fsp3) is 0.200. The minimum Gasteiger partial charge on any atom is -0.295 e. The summed E-state index contributed by atoms with van der Waals surface area (Å²) in [7, 11) is 0. The maximum absolute atomic E-state index is 11.0. The summed E-state index contributed by atoms with van der Waals surface area (Å²) in [5.74, 6) is -0.155. The third kappa shape index (κ3) is 2.16. The number of hydrogen-bond donors (Lipinski definition) is 0. The molecule has 0 aliphatic heterocycles. The normalized spacial score (nSPS) is 9.77. The van der Waals surface area contributed by atoms with Gasteiger partial charge in [0.1, 0.15) is 0 Å². The lowest BCUT2D eigenvalue weighted by Gasteiger charge is -2.01. The van der Waals surface area contributed by atoms with Gasteiger partial charge in [0.25, 0.3) is 0 Å². The van der Waals surface area contributed by atoms with Gasteiger partial charge in [-0.2, -0.15) is 0 Å². The molecule has 0 bridgehead atoms. The van der Waals surface area contributed by atoms with Crippen LogP contribution in [0.1, 0.15) is 34.6 Å². The predicted octanol–water partition coefficient (Wildman–Crippen LogP) is 2.75. The van der Waals surface area contributed by atoms with E-state index in [1.165, 1.54) is 19.9 Å². The summed E-state index contributed by atoms with van der Waals surface area (Å²) in [6, 6.07) is 4.69. The van der Waals surface area contributed by atoms with Crippen molar-refractivity contribution in [2.24, 2.45) is 0 Å². The molecule has 68 valence electrons. The van der Waals surface area contributed by atoms with Gasteiger partial charge < -0.3 is 0 Å². The van der Waals surface area contributed by atoms with Gasteiger partial charge in [-0.05, 0) is 26.0 Å². The van der Waals surface area contributed by atoms with Gasteiger partial charge in [-0.25, -0.2) is 0 Å². The topological polar surface area (TPSA) is 34.1 Å². The molecule has 0 aliphatic rings. The first kappa shape index (κ1) is 9.93. The molecule has 0 N–H and O–H groups in total. The highest BCUT2D eigenvalue weighted by atomic mass is 35.5. The van der Waals surface area contributed by atoms with E-state index < -0.39 is 0 Å². The van der Waals surface area contributed by atoms with Crippen LogP contribution in [0.15, 0.2) is 18.2 Å². The average Bonchev–Trinajstić information content (AvgIpc) is 2.03. The number of carbonyl (C=O) groups is 2. The smallest absolute Gasteiger partial charge is 0.161 e. The van der Waals surface area contributed by atoms with E-state index in [1.807, 2.05) is 0 Å². The molecule has 1 aromatic carbocycles. The lowest BCUT2D eigenvalue weighted by Crippen LogP contribution is -1.97. The Kier molecular flexibility index (Phi) is 2.83. The Hall–Kier alpha value is -1.15. The Morgan fingerprint density at radius 3 is 2.15 bits per heavy atom. The zero-order valence-electron chi connectivity index (χ0n) is 7.43. The van der Waals surface area contributed by atoms with Crippen molar-refractivity contribution < 1.29 is 9.59 Å². The summed E-state index contributed by atoms with van der Waals surface area (Å²) < 4.78 is 0. The maximum Gasteiger partial charge on any atom is 0.161 e. The first-order valence-corrected chi connectivity index (χ1v) is 4.21. The molecular weight excluding hydrogens is 188 g/mol. The Labute approximate surface area is 81.5 Å². The van der Waals surface area contributed by atoms with Crippen molar-refractivity contribution in [3.8, 4) is 0 Å². The second kappa shape index (κ2) is 3.71. The summed E-state index contributed by atoms with van der Waals surface area (Å²) in [6.07, 6.45) is 0. The molecule has 0 amide bonds. The number of benzene rings is 1. The molecule has 0 aromatic heterocycles. The molecule has 0 saturated heterocycles. The van der Waals surface area contributed by atoms with E-state index in [4.69, 9.17) is 11.6 Å². The lowest BCUT2D eigenvalue weighted by molar-refractivity contribution is 0.100. The predicted molar refractivity (Wildman–Crippen MR) is 51.5 cm³/mol. The van der Waals surface area contributed by atoms with Crippen LogP contribution >= 0.6 is 11.6 Å². The summed E-state index contributed by atoms with van der Waals surface area (Å²) >= 11 is 5.80. The molecule has 0 fully saturated rings. The molecule has 2 nitrogen and oxygen atoms in total. The van der Waals surface area contributed by atoms with Crippen LogP contribution in [-0.2, 0) is 0 Å². The van der Waals surface area contributed by atoms with Gasteiger partial charge in [-0.1, -0.05) is 17.7 Å². The largest absolute Gasteiger partial charge is 0.295 e. The Morgan fingerprint density at radius 2 is 1.77 bits per heavy atom. The third-order valence-corrected chi connectivity index (χ3v) is 2.07. The van der Waals surface area contributed by atoms with Gasteiger partial charge in [-0.3, -0.25) is 9.59 Å². The lowest BCUT2D eigenvalue weighted by atomic mass is 10.1. The second-order valence-electron chi connectivity index (χ2n) is 2.81. The number of rotatable bonds is 2. The number of carbonyl (C=O) groups excluding carboxylic acids is 2. The summed E-state index contributed by atoms with van der Waals surface area (Å²) in [5.41, 5.74) is 0.974.